The lowest BCUT2D eigenvalue weighted by atomic mass is 9.83. The van der Waals surface area contributed by atoms with Gasteiger partial charge in [0.15, 0.2) is 0 Å². The Morgan fingerprint density at radius 3 is 2.60 bits per heavy atom. The van der Waals surface area contributed by atoms with Crippen molar-refractivity contribution in [2.45, 2.75) is 70.9 Å². The predicted octanol–water partition coefficient (Wildman–Crippen LogP) is 4.47. The van der Waals surface area contributed by atoms with E-state index >= 15 is 0 Å². The first kappa shape index (κ1) is 31.2. The summed E-state index contributed by atoms with van der Waals surface area (Å²) in [6, 6.07) is 19.8. The number of benzene rings is 2. The molecular formula is C34H43N3O5. The van der Waals surface area contributed by atoms with Crippen LogP contribution in [0.25, 0.3) is 11.3 Å². The van der Waals surface area contributed by atoms with Crippen molar-refractivity contribution >= 4 is 11.8 Å². The van der Waals surface area contributed by atoms with Crippen LogP contribution in [0.2, 0.25) is 0 Å². The van der Waals surface area contributed by atoms with E-state index < -0.39 is 29.5 Å². The molecule has 1 aliphatic rings. The summed E-state index contributed by atoms with van der Waals surface area (Å²) in [6.45, 7) is 6.24. The Morgan fingerprint density at radius 2 is 1.90 bits per heavy atom. The van der Waals surface area contributed by atoms with Crippen molar-refractivity contribution in [2.24, 2.45) is 11.1 Å². The maximum absolute atomic E-state index is 13.9. The Labute approximate surface area is 248 Å². The van der Waals surface area contributed by atoms with Crippen molar-refractivity contribution in [3.63, 3.8) is 0 Å². The minimum absolute atomic E-state index is 0.0490. The number of nitrogens with two attached hydrogens (primary N) is 1. The average molecular weight is 574 g/mol. The highest BCUT2D eigenvalue weighted by Crippen LogP contribution is 2.29. The van der Waals surface area contributed by atoms with Crippen LogP contribution in [0.1, 0.15) is 44.7 Å². The Kier molecular flexibility index (Phi) is 10.7. The average Bonchev–Trinajstić information content (AvgIpc) is 3.71. The van der Waals surface area contributed by atoms with Crippen LogP contribution in [0.3, 0.4) is 0 Å². The number of ether oxygens (including phenoxy) is 1. The maximum atomic E-state index is 13.9. The molecule has 0 aliphatic carbocycles. The van der Waals surface area contributed by atoms with Crippen LogP contribution >= 0.6 is 0 Å². The van der Waals surface area contributed by atoms with Gasteiger partial charge in [0.2, 0.25) is 11.8 Å². The molecule has 1 fully saturated rings. The van der Waals surface area contributed by atoms with Gasteiger partial charge in [-0.3, -0.25) is 9.59 Å². The van der Waals surface area contributed by atoms with Crippen LogP contribution in [0.4, 0.5) is 0 Å². The Hall–Kier alpha value is -3.72. The molecule has 8 nitrogen and oxygen atoms in total. The van der Waals surface area contributed by atoms with E-state index in [1.807, 2.05) is 79.7 Å². The molecule has 0 saturated carbocycles. The number of carbonyl (C=O) groups excluding carboxylic acids is 2. The second kappa shape index (κ2) is 14.4. The normalized spacial score (nSPS) is 18.9. The standard InChI is InChI=1S/C34H43N3O5/c1-24(35)32(39)36-31(25(2)42-22-26-10-5-4-6-11-26)33(40)37-18-8-14-29(37)16-17-34(3,23-38)21-27-12-7-13-28(20-27)30-15-9-19-41-30/h4-7,9-13,15-17,19-20,24-25,29,31,38H,8,14,18,21-23,35H2,1-3H3,(H,36,39)/b17-16+/t24-,25?,29?,31?,34?/m0/s1. The quantitative estimate of drug-likeness (QED) is 0.260. The first-order valence-electron chi connectivity index (χ1n) is 14.6. The summed E-state index contributed by atoms with van der Waals surface area (Å²) in [4.78, 5) is 28.3. The maximum Gasteiger partial charge on any atom is 0.248 e. The summed E-state index contributed by atoms with van der Waals surface area (Å²) >= 11 is 0. The number of hydrogen-bond donors (Lipinski definition) is 3. The lowest BCUT2D eigenvalue weighted by Crippen LogP contribution is -2.57. The Morgan fingerprint density at radius 1 is 1.14 bits per heavy atom. The number of aliphatic hydroxyl groups is 1. The van der Waals surface area contributed by atoms with Gasteiger partial charge in [0.25, 0.3) is 0 Å². The molecule has 1 saturated heterocycles. The second-order valence-electron chi connectivity index (χ2n) is 11.5. The number of hydrogen-bond acceptors (Lipinski definition) is 6. The van der Waals surface area contributed by atoms with Crippen molar-refractivity contribution in [1.82, 2.24) is 10.2 Å². The second-order valence-corrected chi connectivity index (χ2v) is 11.5. The fourth-order valence-corrected chi connectivity index (χ4v) is 5.26. The summed E-state index contributed by atoms with van der Waals surface area (Å²) in [5, 5.41) is 13.2. The highest BCUT2D eigenvalue weighted by molar-refractivity contribution is 5.90. The lowest BCUT2D eigenvalue weighted by molar-refractivity contribution is -0.141. The zero-order valence-corrected chi connectivity index (χ0v) is 24.7. The van der Waals surface area contributed by atoms with Gasteiger partial charge >= 0.3 is 0 Å². The fraction of sp³-hybridized carbons (Fsp3) is 0.412. The molecule has 2 amide bonds. The van der Waals surface area contributed by atoms with E-state index in [2.05, 4.69) is 11.4 Å². The molecular weight excluding hydrogens is 530 g/mol. The zero-order chi connectivity index (χ0) is 30.1. The summed E-state index contributed by atoms with van der Waals surface area (Å²) in [6.07, 6.45) is 7.38. The van der Waals surface area contributed by atoms with Crippen molar-refractivity contribution in [3.05, 3.63) is 96.3 Å². The van der Waals surface area contributed by atoms with E-state index in [0.717, 1.165) is 35.3 Å². The highest BCUT2D eigenvalue weighted by Gasteiger charge is 2.37. The summed E-state index contributed by atoms with van der Waals surface area (Å²) < 4.78 is 11.6. The molecule has 0 bridgehead atoms. The first-order chi connectivity index (χ1) is 20.2. The van der Waals surface area contributed by atoms with Crippen LogP contribution in [0, 0.1) is 5.41 Å². The Bertz CT molecular complexity index is 1320. The lowest BCUT2D eigenvalue weighted by Gasteiger charge is -2.32. The highest BCUT2D eigenvalue weighted by atomic mass is 16.5. The molecule has 4 unspecified atom stereocenters. The zero-order valence-electron chi connectivity index (χ0n) is 24.7. The number of amides is 2. The number of aliphatic hydroxyl groups excluding tert-OH is 1. The van der Waals surface area contributed by atoms with Crippen LogP contribution in [-0.4, -0.2) is 59.2 Å². The van der Waals surface area contributed by atoms with E-state index in [0.29, 0.717) is 19.6 Å². The molecule has 42 heavy (non-hydrogen) atoms. The van der Waals surface area contributed by atoms with Gasteiger partial charge in [0.1, 0.15) is 11.8 Å². The van der Waals surface area contributed by atoms with Crippen LogP contribution < -0.4 is 11.1 Å². The number of likely N-dealkylation sites (tertiary alicyclic amines) is 1. The topological polar surface area (TPSA) is 118 Å². The van der Waals surface area contributed by atoms with Crippen LogP contribution in [-0.2, 0) is 27.4 Å². The molecule has 224 valence electrons. The molecule has 5 atom stereocenters. The first-order valence-corrected chi connectivity index (χ1v) is 14.6. The van der Waals surface area contributed by atoms with E-state index in [1.165, 1.54) is 0 Å². The third kappa shape index (κ3) is 8.18. The van der Waals surface area contributed by atoms with Crippen LogP contribution in [0.15, 0.2) is 89.6 Å². The van der Waals surface area contributed by atoms with Gasteiger partial charge in [-0.15, -0.1) is 0 Å². The number of rotatable bonds is 13. The number of carbonyl (C=O) groups is 2. The Balaban J connectivity index is 1.47. The van der Waals surface area contributed by atoms with Crippen LogP contribution in [0.5, 0.6) is 0 Å². The molecule has 4 N–H and O–H groups in total. The smallest absolute Gasteiger partial charge is 0.248 e. The summed E-state index contributed by atoms with van der Waals surface area (Å²) in [5.74, 6) is 0.193. The van der Waals surface area contributed by atoms with Crippen molar-refractivity contribution in [2.75, 3.05) is 13.2 Å². The number of nitrogens with zero attached hydrogens (tertiary/aromatic N) is 1. The van der Waals surface area contributed by atoms with Gasteiger partial charge in [-0.25, -0.2) is 0 Å². The monoisotopic (exact) mass is 573 g/mol. The van der Waals surface area contributed by atoms with E-state index in [9.17, 15) is 14.7 Å². The molecule has 2 aromatic carbocycles. The SMILES string of the molecule is CC(OCc1ccccc1)C(NC(=O)[C@H](C)N)C(=O)N1CCCC1/C=C/C(C)(CO)Cc1cccc(-c2ccco2)c1. The molecule has 1 aromatic heterocycles. The van der Waals surface area contributed by atoms with E-state index in [4.69, 9.17) is 14.9 Å². The summed E-state index contributed by atoms with van der Waals surface area (Å²) in [5.41, 5.74) is 8.33. The largest absolute Gasteiger partial charge is 0.464 e. The molecule has 0 spiro atoms. The fourth-order valence-electron chi connectivity index (χ4n) is 5.26. The third-order valence-electron chi connectivity index (χ3n) is 7.81. The van der Waals surface area contributed by atoms with Crippen molar-refractivity contribution in [3.8, 4) is 11.3 Å². The predicted molar refractivity (Wildman–Crippen MR) is 163 cm³/mol. The third-order valence-corrected chi connectivity index (χ3v) is 7.81. The van der Waals surface area contributed by atoms with Gasteiger partial charge in [-0.2, -0.15) is 0 Å². The van der Waals surface area contributed by atoms with Gasteiger partial charge in [0, 0.05) is 17.5 Å². The van der Waals surface area contributed by atoms with E-state index in [1.54, 1.807) is 25.0 Å². The minimum Gasteiger partial charge on any atom is -0.464 e. The molecule has 0 radical (unpaired) electrons. The summed E-state index contributed by atoms with van der Waals surface area (Å²) in [7, 11) is 0. The molecule has 1 aliphatic heterocycles. The molecule has 8 heteroatoms. The molecule has 4 rings (SSSR count). The molecule has 3 aromatic rings. The van der Waals surface area contributed by atoms with E-state index in [-0.39, 0.29) is 18.6 Å². The van der Waals surface area contributed by atoms with Gasteiger partial charge in [0.05, 0.1) is 37.7 Å². The molecule has 2 heterocycles. The van der Waals surface area contributed by atoms with Gasteiger partial charge in [-0.1, -0.05) is 67.6 Å². The van der Waals surface area contributed by atoms with Crippen molar-refractivity contribution < 1.29 is 23.8 Å². The minimum atomic E-state index is -0.880. The van der Waals surface area contributed by atoms with Gasteiger partial charge < -0.3 is 30.2 Å². The number of nitrogens with one attached hydrogen (secondary N) is 1. The van der Waals surface area contributed by atoms with Gasteiger partial charge in [-0.05, 0) is 62.4 Å². The van der Waals surface area contributed by atoms with Crippen molar-refractivity contribution in [1.29, 1.82) is 0 Å². The number of furan rings is 1.